The van der Waals surface area contributed by atoms with Gasteiger partial charge in [0.05, 0.1) is 24.1 Å². The van der Waals surface area contributed by atoms with Gasteiger partial charge >= 0.3 is 5.97 Å². The summed E-state index contributed by atoms with van der Waals surface area (Å²) in [5, 5.41) is 0. The summed E-state index contributed by atoms with van der Waals surface area (Å²) in [5.74, 6) is 0.0229. The van der Waals surface area contributed by atoms with Gasteiger partial charge in [-0.1, -0.05) is 12.2 Å². The molecule has 1 aromatic carbocycles. The number of allylic oxidation sites excluding steroid dienone is 2. The summed E-state index contributed by atoms with van der Waals surface area (Å²) in [6.45, 7) is 0.468. The van der Waals surface area contributed by atoms with E-state index in [-0.39, 0.29) is 5.75 Å². The van der Waals surface area contributed by atoms with Gasteiger partial charge in [-0.05, 0) is 48.9 Å². The summed E-state index contributed by atoms with van der Waals surface area (Å²) in [5.41, 5.74) is 1.97. The van der Waals surface area contributed by atoms with Gasteiger partial charge in [-0.2, -0.15) is 0 Å². The standard InChI is InChI=1S/C16H19NO4S/c1-21-16(18)14-9-13(12-5-2-3-6-12)10-15(11-14)17-7-4-8-22(17,19)20/h2-3,9-12H,4-8H2,1H3. The molecule has 1 fully saturated rings. The molecule has 0 N–H and O–H groups in total. The minimum atomic E-state index is -3.26. The molecular formula is C16H19NO4S. The molecule has 0 bridgehead atoms. The number of sulfonamides is 1. The number of rotatable bonds is 3. The van der Waals surface area contributed by atoms with E-state index in [1.54, 1.807) is 6.07 Å². The molecule has 118 valence electrons. The Hall–Kier alpha value is -1.82. The number of ether oxygens (including phenoxy) is 1. The first-order valence-electron chi connectivity index (χ1n) is 7.40. The Kier molecular flexibility index (Phi) is 3.95. The van der Waals surface area contributed by atoms with E-state index >= 15 is 0 Å². The lowest BCUT2D eigenvalue weighted by atomic mass is 9.94. The van der Waals surface area contributed by atoms with E-state index in [2.05, 4.69) is 12.2 Å². The molecule has 0 radical (unpaired) electrons. The molecule has 1 saturated heterocycles. The SMILES string of the molecule is COC(=O)c1cc(C2CC=CC2)cc(N2CCCS2(=O)=O)c1. The molecule has 6 heteroatoms. The number of hydrogen-bond acceptors (Lipinski definition) is 4. The molecular weight excluding hydrogens is 302 g/mol. The summed E-state index contributed by atoms with van der Waals surface area (Å²) in [7, 11) is -1.93. The van der Waals surface area contributed by atoms with Crippen molar-refractivity contribution in [3.8, 4) is 0 Å². The maximum absolute atomic E-state index is 12.1. The van der Waals surface area contributed by atoms with E-state index in [0.717, 1.165) is 18.4 Å². The van der Waals surface area contributed by atoms with E-state index in [0.29, 0.717) is 30.1 Å². The van der Waals surface area contributed by atoms with E-state index < -0.39 is 16.0 Å². The van der Waals surface area contributed by atoms with E-state index in [4.69, 9.17) is 4.74 Å². The van der Waals surface area contributed by atoms with Crippen molar-refractivity contribution in [3.63, 3.8) is 0 Å². The minimum Gasteiger partial charge on any atom is -0.465 e. The Morgan fingerprint density at radius 1 is 1.23 bits per heavy atom. The van der Waals surface area contributed by atoms with Crippen LogP contribution in [0.4, 0.5) is 5.69 Å². The van der Waals surface area contributed by atoms with Crippen LogP contribution in [0.15, 0.2) is 30.4 Å². The van der Waals surface area contributed by atoms with E-state index in [1.807, 2.05) is 12.1 Å². The minimum absolute atomic E-state index is 0.162. The number of methoxy groups -OCH3 is 1. The Balaban J connectivity index is 2.05. The van der Waals surface area contributed by atoms with Crippen molar-refractivity contribution >= 4 is 21.7 Å². The van der Waals surface area contributed by atoms with Crippen LogP contribution in [0.25, 0.3) is 0 Å². The highest BCUT2D eigenvalue weighted by Crippen LogP contribution is 2.34. The number of hydrogen-bond donors (Lipinski definition) is 0. The summed E-state index contributed by atoms with van der Waals surface area (Å²) in [6.07, 6.45) is 6.67. The lowest BCUT2D eigenvalue weighted by Gasteiger charge is -2.20. The molecule has 1 heterocycles. The molecule has 0 saturated carbocycles. The van der Waals surface area contributed by atoms with Crippen LogP contribution >= 0.6 is 0 Å². The Labute approximate surface area is 130 Å². The molecule has 0 amide bonds. The van der Waals surface area contributed by atoms with Crippen molar-refractivity contribution in [1.29, 1.82) is 0 Å². The zero-order valence-electron chi connectivity index (χ0n) is 12.5. The van der Waals surface area contributed by atoms with Crippen molar-refractivity contribution in [2.75, 3.05) is 23.7 Å². The fourth-order valence-electron chi connectivity index (χ4n) is 3.07. The molecule has 2 aliphatic rings. The second-order valence-electron chi connectivity index (χ2n) is 5.69. The van der Waals surface area contributed by atoms with Gasteiger partial charge in [0.1, 0.15) is 0 Å². The van der Waals surface area contributed by atoms with Crippen LogP contribution in [0.1, 0.15) is 41.1 Å². The molecule has 3 rings (SSSR count). The fourth-order valence-corrected chi connectivity index (χ4v) is 4.62. The molecule has 22 heavy (non-hydrogen) atoms. The van der Waals surface area contributed by atoms with Crippen molar-refractivity contribution in [2.24, 2.45) is 0 Å². The van der Waals surface area contributed by atoms with E-state index in [9.17, 15) is 13.2 Å². The first-order valence-corrected chi connectivity index (χ1v) is 9.01. The second-order valence-corrected chi connectivity index (χ2v) is 7.70. The highest BCUT2D eigenvalue weighted by atomic mass is 32.2. The van der Waals surface area contributed by atoms with Gasteiger partial charge in [-0.3, -0.25) is 4.31 Å². The quantitative estimate of drug-likeness (QED) is 0.633. The first-order chi connectivity index (χ1) is 10.5. The summed E-state index contributed by atoms with van der Waals surface area (Å²) in [6, 6.07) is 5.32. The summed E-state index contributed by atoms with van der Waals surface area (Å²) >= 11 is 0. The van der Waals surface area contributed by atoms with Gasteiger partial charge < -0.3 is 4.74 Å². The second kappa shape index (κ2) is 5.76. The van der Waals surface area contributed by atoms with Gasteiger partial charge in [-0.25, -0.2) is 13.2 Å². The number of benzene rings is 1. The number of esters is 1. The number of carbonyl (C=O) groups is 1. The third-order valence-corrected chi connectivity index (χ3v) is 6.10. The zero-order valence-corrected chi connectivity index (χ0v) is 13.3. The highest BCUT2D eigenvalue weighted by Gasteiger charge is 2.30. The van der Waals surface area contributed by atoms with Crippen LogP contribution in [-0.2, 0) is 14.8 Å². The van der Waals surface area contributed by atoms with Gasteiger partial charge in [0.25, 0.3) is 0 Å². The van der Waals surface area contributed by atoms with Crippen molar-refractivity contribution in [2.45, 2.75) is 25.2 Å². The normalized spacial score (nSPS) is 20.5. The highest BCUT2D eigenvalue weighted by molar-refractivity contribution is 7.93. The smallest absolute Gasteiger partial charge is 0.337 e. The van der Waals surface area contributed by atoms with Gasteiger partial charge in [0, 0.05) is 6.54 Å². The Morgan fingerprint density at radius 3 is 2.55 bits per heavy atom. The number of carbonyl (C=O) groups excluding carboxylic acids is 1. The maximum Gasteiger partial charge on any atom is 0.337 e. The predicted octanol–water partition coefficient (Wildman–Crippen LogP) is 2.45. The molecule has 1 aliphatic heterocycles. The van der Waals surface area contributed by atoms with Crippen LogP contribution in [0, 0.1) is 0 Å². The third kappa shape index (κ3) is 2.75. The molecule has 0 spiro atoms. The molecule has 1 aliphatic carbocycles. The lowest BCUT2D eigenvalue weighted by Crippen LogP contribution is -2.25. The molecule has 1 aromatic rings. The van der Waals surface area contributed by atoms with Crippen molar-refractivity contribution < 1.29 is 17.9 Å². The molecule has 0 aromatic heterocycles. The van der Waals surface area contributed by atoms with Crippen molar-refractivity contribution in [3.05, 3.63) is 41.5 Å². The Morgan fingerprint density at radius 2 is 1.95 bits per heavy atom. The average molecular weight is 321 g/mol. The van der Waals surface area contributed by atoms with Crippen LogP contribution in [0.3, 0.4) is 0 Å². The van der Waals surface area contributed by atoms with Crippen LogP contribution in [-0.4, -0.2) is 33.8 Å². The Bertz CT molecular complexity index is 716. The summed E-state index contributed by atoms with van der Waals surface area (Å²) in [4.78, 5) is 11.9. The molecule has 5 nitrogen and oxygen atoms in total. The average Bonchev–Trinajstić information content (AvgIpc) is 3.15. The number of nitrogens with zero attached hydrogens (tertiary/aromatic N) is 1. The maximum atomic E-state index is 12.1. The zero-order chi connectivity index (χ0) is 15.7. The molecule has 0 atom stereocenters. The summed E-state index contributed by atoms with van der Waals surface area (Å²) < 4.78 is 30.5. The molecule has 0 unspecified atom stereocenters. The monoisotopic (exact) mass is 321 g/mol. The third-order valence-electron chi connectivity index (χ3n) is 4.23. The number of anilines is 1. The largest absolute Gasteiger partial charge is 0.465 e. The lowest BCUT2D eigenvalue weighted by molar-refractivity contribution is 0.0600. The van der Waals surface area contributed by atoms with Crippen LogP contribution in [0.2, 0.25) is 0 Å². The van der Waals surface area contributed by atoms with Gasteiger partial charge in [-0.15, -0.1) is 0 Å². The first kappa shape index (κ1) is 15.1. The van der Waals surface area contributed by atoms with Crippen molar-refractivity contribution in [1.82, 2.24) is 0 Å². The topological polar surface area (TPSA) is 63.7 Å². The van der Waals surface area contributed by atoms with Crippen LogP contribution in [0.5, 0.6) is 0 Å². The predicted molar refractivity (Wildman–Crippen MR) is 84.6 cm³/mol. The van der Waals surface area contributed by atoms with Gasteiger partial charge in [0.2, 0.25) is 10.0 Å². The van der Waals surface area contributed by atoms with E-state index in [1.165, 1.54) is 11.4 Å². The van der Waals surface area contributed by atoms with Gasteiger partial charge in [0.15, 0.2) is 0 Å². The van der Waals surface area contributed by atoms with Crippen LogP contribution < -0.4 is 4.31 Å². The fraction of sp³-hybridized carbons (Fsp3) is 0.438.